The van der Waals surface area contributed by atoms with Crippen LogP contribution in [0.1, 0.15) is 12.5 Å². The summed E-state index contributed by atoms with van der Waals surface area (Å²) in [6.07, 6.45) is 5.55. The van der Waals surface area contributed by atoms with Gasteiger partial charge in [-0.15, -0.1) is 0 Å². The Hall–Kier alpha value is -3.15. The highest BCUT2D eigenvalue weighted by molar-refractivity contribution is 7.95. The van der Waals surface area contributed by atoms with Gasteiger partial charge in [-0.3, -0.25) is 0 Å². The Labute approximate surface area is 186 Å². The van der Waals surface area contributed by atoms with Gasteiger partial charge < -0.3 is 4.74 Å². The highest BCUT2D eigenvalue weighted by Crippen LogP contribution is 2.55. The molecule has 2 heteroatoms. The van der Waals surface area contributed by atoms with Crippen molar-refractivity contribution in [1.82, 2.24) is 0 Å². The van der Waals surface area contributed by atoms with Gasteiger partial charge in [0.1, 0.15) is 28.9 Å². The zero-order valence-corrected chi connectivity index (χ0v) is 18.8. The molecule has 0 aliphatic rings. The van der Waals surface area contributed by atoms with Gasteiger partial charge in [0.25, 0.3) is 0 Å². The van der Waals surface area contributed by atoms with E-state index in [4.69, 9.17) is 4.74 Å². The van der Waals surface area contributed by atoms with Crippen molar-refractivity contribution in [2.24, 2.45) is 0 Å². The van der Waals surface area contributed by atoms with Gasteiger partial charge in [0.05, 0.1) is 12.8 Å². The summed E-state index contributed by atoms with van der Waals surface area (Å²) in [6, 6.07) is 41.3. The van der Waals surface area contributed by atoms with E-state index in [2.05, 4.69) is 115 Å². The molecule has 0 bridgehead atoms. The van der Waals surface area contributed by atoms with Crippen molar-refractivity contribution in [3.63, 3.8) is 0 Å². The molecule has 0 amide bonds. The molecule has 0 spiro atoms. The van der Waals surface area contributed by atoms with Crippen molar-refractivity contribution in [2.45, 2.75) is 6.92 Å². The summed E-state index contributed by atoms with van der Waals surface area (Å²) in [7, 11) is -1.82. The van der Waals surface area contributed by atoms with Crippen LogP contribution in [0.15, 0.2) is 121 Å². The molecule has 0 unspecified atom stereocenters. The molecule has 0 saturated heterocycles. The van der Waals surface area contributed by atoms with Crippen LogP contribution in [0, 0.1) is 0 Å². The summed E-state index contributed by atoms with van der Waals surface area (Å²) in [6.45, 7) is 2.70. The van der Waals surface area contributed by atoms with E-state index in [-0.39, 0.29) is 0 Å². The molecule has 0 fully saturated rings. The molecular weight excluding hydrogens is 395 g/mol. The van der Waals surface area contributed by atoms with Crippen molar-refractivity contribution in [1.29, 1.82) is 0 Å². The lowest BCUT2D eigenvalue weighted by Gasteiger charge is -2.26. The van der Waals surface area contributed by atoms with E-state index in [0.29, 0.717) is 6.61 Å². The Bertz CT molecular complexity index is 991. The third kappa shape index (κ3) is 4.79. The molecule has 4 aromatic rings. The zero-order valence-electron chi connectivity index (χ0n) is 17.9. The van der Waals surface area contributed by atoms with E-state index in [1.165, 1.54) is 21.5 Å². The largest absolute Gasteiger partial charge is 0.494 e. The third-order valence-electron chi connectivity index (χ3n) is 5.47. The Morgan fingerprint density at radius 2 is 1.06 bits per heavy atom. The summed E-state index contributed by atoms with van der Waals surface area (Å²) >= 11 is 0. The molecule has 0 heterocycles. The van der Waals surface area contributed by atoms with Crippen LogP contribution < -0.4 is 20.7 Å². The first kappa shape index (κ1) is 21.1. The molecule has 4 rings (SSSR count). The van der Waals surface area contributed by atoms with Crippen molar-refractivity contribution in [3.05, 3.63) is 127 Å². The van der Waals surface area contributed by atoms with E-state index in [1.807, 2.05) is 19.1 Å². The standard InChI is InChI=1S/C29H28OP/c1-2-30-26-22-20-25(21-23-26)13-12-24-31(27-14-6-3-7-15-27,28-16-8-4-9-17-28)29-18-10-5-11-19-29/h3-23H,2,24H2,1H3/q+1/b13-12+. The number of hydrogen-bond acceptors (Lipinski definition) is 1. The lowest BCUT2D eigenvalue weighted by atomic mass is 10.2. The highest BCUT2D eigenvalue weighted by Gasteiger charge is 2.43. The fourth-order valence-electron chi connectivity index (χ4n) is 4.00. The maximum Gasteiger partial charge on any atom is 0.119 e. The van der Waals surface area contributed by atoms with E-state index in [0.717, 1.165) is 11.9 Å². The normalized spacial score (nSPS) is 11.5. The predicted octanol–water partition coefficient (Wildman–Crippen LogP) is 6.09. The minimum atomic E-state index is -1.82. The highest BCUT2D eigenvalue weighted by atomic mass is 31.2. The summed E-state index contributed by atoms with van der Waals surface area (Å²) in [5.41, 5.74) is 1.19. The second-order valence-corrected chi connectivity index (χ2v) is 10.9. The first-order valence-corrected chi connectivity index (χ1v) is 12.7. The van der Waals surface area contributed by atoms with Crippen LogP contribution in [-0.2, 0) is 0 Å². The third-order valence-corrected chi connectivity index (χ3v) is 9.77. The minimum absolute atomic E-state index is 0.688. The molecule has 0 aliphatic heterocycles. The molecule has 154 valence electrons. The molecule has 0 saturated carbocycles. The molecule has 0 atom stereocenters. The van der Waals surface area contributed by atoms with Crippen molar-refractivity contribution in [3.8, 4) is 5.75 Å². The zero-order chi connectivity index (χ0) is 21.4. The molecule has 0 aliphatic carbocycles. The average molecular weight is 424 g/mol. The van der Waals surface area contributed by atoms with Gasteiger partial charge in [-0.25, -0.2) is 0 Å². The van der Waals surface area contributed by atoms with Gasteiger partial charge in [0, 0.05) is 0 Å². The molecule has 1 nitrogen and oxygen atoms in total. The first-order valence-electron chi connectivity index (χ1n) is 10.8. The summed E-state index contributed by atoms with van der Waals surface area (Å²) in [4.78, 5) is 0. The topological polar surface area (TPSA) is 9.23 Å². The minimum Gasteiger partial charge on any atom is -0.494 e. The summed E-state index contributed by atoms with van der Waals surface area (Å²) in [5, 5.41) is 4.22. The van der Waals surface area contributed by atoms with Crippen LogP contribution in [0.25, 0.3) is 6.08 Å². The maximum atomic E-state index is 5.57. The van der Waals surface area contributed by atoms with Crippen molar-refractivity contribution < 1.29 is 4.74 Å². The summed E-state index contributed by atoms with van der Waals surface area (Å²) < 4.78 is 5.57. The number of allylic oxidation sites excluding steroid dienone is 1. The smallest absolute Gasteiger partial charge is 0.119 e. The maximum absolute atomic E-state index is 5.57. The van der Waals surface area contributed by atoms with Crippen LogP contribution in [-0.4, -0.2) is 12.8 Å². The fourth-order valence-corrected chi connectivity index (χ4v) is 7.99. The Balaban J connectivity index is 1.77. The van der Waals surface area contributed by atoms with E-state index >= 15 is 0 Å². The quantitative estimate of drug-likeness (QED) is 0.312. The lowest BCUT2D eigenvalue weighted by Crippen LogP contribution is -2.32. The van der Waals surface area contributed by atoms with Crippen LogP contribution in [0.2, 0.25) is 0 Å². The predicted molar refractivity (Wildman–Crippen MR) is 137 cm³/mol. The van der Waals surface area contributed by atoms with Gasteiger partial charge in [0.2, 0.25) is 0 Å². The van der Waals surface area contributed by atoms with E-state index in [1.54, 1.807) is 0 Å². The second kappa shape index (κ2) is 10.2. The van der Waals surface area contributed by atoms with Crippen LogP contribution in [0.3, 0.4) is 0 Å². The van der Waals surface area contributed by atoms with Crippen LogP contribution >= 0.6 is 7.26 Å². The monoisotopic (exact) mass is 423 g/mol. The van der Waals surface area contributed by atoms with Crippen LogP contribution in [0.4, 0.5) is 0 Å². The first-order chi connectivity index (χ1) is 15.3. The van der Waals surface area contributed by atoms with E-state index < -0.39 is 7.26 Å². The Morgan fingerprint density at radius 1 is 0.613 bits per heavy atom. The number of hydrogen-bond donors (Lipinski definition) is 0. The van der Waals surface area contributed by atoms with Crippen molar-refractivity contribution >= 4 is 29.3 Å². The Kier molecular flexibility index (Phi) is 6.97. The van der Waals surface area contributed by atoms with Gasteiger partial charge >= 0.3 is 0 Å². The van der Waals surface area contributed by atoms with Crippen LogP contribution in [0.5, 0.6) is 5.75 Å². The molecule has 0 N–H and O–H groups in total. The number of rotatable bonds is 8. The van der Waals surface area contributed by atoms with Gasteiger partial charge in [0.15, 0.2) is 0 Å². The molecule has 31 heavy (non-hydrogen) atoms. The fraction of sp³-hybridized carbons (Fsp3) is 0.103. The Morgan fingerprint density at radius 3 is 1.48 bits per heavy atom. The summed E-state index contributed by atoms with van der Waals surface area (Å²) in [5.74, 6) is 0.916. The number of benzene rings is 4. The van der Waals surface area contributed by atoms with Crippen molar-refractivity contribution in [2.75, 3.05) is 12.8 Å². The van der Waals surface area contributed by atoms with Gasteiger partial charge in [-0.05, 0) is 67.1 Å². The van der Waals surface area contributed by atoms with Gasteiger partial charge in [-0.1, -0.05) is 72.8 Å². The lowest BCUT2D eigenvalue weighted by molar-refractivity contribution is 0.340. The average Bonchev–Trinajstić information content (AvgIpc) is 2.85. The molecule has 0 aromatic heterocycles. The number of ether oxygens (including phenoxy) is 1. The SMILES string of the molecule is CCOc1ccc(/C=C/C[P+](c2ccccc2)(c2ccccc2)c2ccccc2)cc1. The molecule has 0 radical (unpaired) electrons. The van der Waals surface area contributed by atoms with E-state index in [9.17, 15) is 0 Å². The second-order valence-electron chi connectivity index (χ2n) is 7.40. The van der Waals surface area contributed by atoms with Gasteiger partial charge in [-0.2, -0.15) is 0 Å². The molecule has 4 aromatic carbocycles. The molecular formula is C29H28OP+.